The predicted molar refractivity (Wildman–Crippen MR) is 39.4 cm³/mol. The molecule has 0 radical (unpaired) electrons. The van der Waals surface area contributed by atoms with E-state index in [1.165, 1.54) is 7.05 Å². The molecular formula is C5H5F2N3O2S. The minimum Gasteiger partial charge on any atom is -0.476 e. The van der Waals surface area contributed by atoms with Crippen molar-refractivity contribution in [2.45, 2.75) is 10.4 Å². The molecule has 0 fully saturated rings. The van der Waals surface area contributed by atoms with Crippen LogP contribution < -0.4 is 0 Å². The molecular weight excluding hydrogens is 204 g/mol. The average molecular weight is 209 g/mol. The van der Waals surface area contributed by atoms with Crippen LogP contribution in [0.3, 0.4) is 0 Å². The highest BCUT2D eigenvalue weighted by Gasteiger charge is 2.41. The number of alkyl halides is 2. The van der Waals surface area contributed by atoms with Gasteiger partial charge in [-0.2, -0.15) is 13.9 Å². The standard InChI is InChI=1S/C5H5F2N3O2S/c1-10-4(8-2-9-10)13-5(6,7)3(11)12/h2H,1H3,(H,11,12). The summed E-state index contributed by atoms with van der Waals surface area (Å²) in [5.74, 6) is -2.19. The number of carbonyl (C=O) groups is 1. The molecule has 0 aliphatic rings. The third-order valence-electron chi connectivity index (χ3n) is 1.14. The largest absolute Gasteiger partial charge is 0.476 e. The minimum atomic E-state index is -3.87. The van der Waals surface area contributed by atoms with E-state index in [1.54, 1.807) is 0 Å². The number of aliphatic carboxylic acids is 1. The van der Waals surface area contributed by atoms with Crippen LogP contribution in [0.1, 0.15) is 0 Å². The van der Waals surface area contributed by atoms with E-state index in [-0.39, 0.29) is 16.9 Å². The molecule has 0 spiro atoms. The van der Waals surface area contributed by atoms with Gasteiger partial charge in [-0.05, 0) is 0 Å². The summed E-state index contributed by atoms with van der Waals surface area (Å²) in [6.07, 6.45) is 1.07. The first-order valence-corrected chi connectivity index (χ1v) is 3.89. The number of rotatable bonds is 3. The fourth-order valence-corrected chi connectivity index (χ4v) is 1.13. The van der Waals surface area contributed by atoms with Gasteiger partial charge in [-0.15, -0.1) is 0 Å². The highest BCUT2D eigenvalue weighted by molar-refractivity contribution is 8.00. The van der Waals surface area contributed by atoms with Gasteiger partial charge >= 0.3 is 11.2 Å². The van der Waals surface area contributed by atoms with Gasteiger partial charge in [-0.25, -0.2) is 14.5 Å². The predicted octanol–water partition coefficient (Wildman–Crippen LogP) is 0.585. The molecule has 0 aliphatic carbocycles. The van der Waals surface area contributed by atoms with E-state index in [1.807, 2.05) is 0 Å². The average Bonchev–Trinajstić information content (AvgIpc) is 2.35. The van der Waals surface area contributed by atoms with Gasteiger partial charge in [0, 0.05) is 18.8 Å². The Hall–Kier alpha value is -1.18. The molecule has 0 aliphatic heterocycles. The minimum absolute atomic E-state index is 0.146. The molecule has 0 aromatic carbocycles. The Labute approximate surface area is 75.8 Å². The maximum atomic E-state index is 12.6. The van der Waals surface area contributed by atoms with E-state index in [4.69, 9.17) is 5.11 Å². The van der Waals surface area contributed by atoms with Crippen LogP contribution in [0.15, 0.2) is 11.5 Å². The monoisotopic (exact) mass is 209 g/mol. The number of nitrogens with zero attached hydrogens (tertiary/aromatic N) is 3. The van der Waals surface area contributed by atoms with Crippen LogP contribution in [-0.4, -0.2) is 31.1 Å². The van der Waals surface area contributed by atoms with Crippen molar-refractivity contribution >= 4 is 17.7 Å². The fourth-order valence-electron chi connectivity index (χ4n) is 0.536. The summed E-state index contributed by atoms with van der Waals surface area (Å²) in [4.78, 5) is 13.5. The van der Waals surface area contributed by atoms with Crippen LogP contribution in [0.2, 0.25) is 0 Å². The molecule has 0 saturated carbocycles. The molecule has 1 N–H and O–H groups in total. The van der Waals surface area contributed by atoms with Crippen molar-refractivity contribution < 1.29 is 18.7 Å². The number of aromatic nitrogens is 3. The van der Waals surface area contributed by atoms with Gasteiger partial charge in [0.05, 0.1) is 0 Å². The number of thioether (sulfide) groups is 1. The normalized spacial score (nSPS) is 11.6. The SMILES string of the molecule is Cn1ncnc1SC(F)(F)C(=O)O. The van der Waals surface area contributed by atoms with Crippen molar-refractivity contribution in [2.75, 3.05) is 0 Å². The Morgan fingerprint density at radius 2 is 2.38 bits per heavy atom. The van der Waals surface area contributed by atoms with Crippen LogP contribution in [0.4, 0.5) is 8.78 Å². The quantitative estimate of drug-likeness (QED) is 0.737. The maximum Gasteiger partial charge on any atom is 0.395 e. The lowest BCUT2D eigenvalue weighted by Crippen LogP contribution is -2.24. The lowest BCUT2D eigenvalue weighted by Gasteiger charge is -2.08. The summed E-state index contributed by atoms with van der Waals surface area (Å²) < 4.78 is 26.2. The third kappa shape index (κ3) is 2.14. The van der Waals surface area contributed by atoms with E-state index < -0.39 is 11.2 Å². The van der Waals surface area contributed by atoms with E-state index in [9.17, 15) is 13.6 Å². The Bertz CT molecular complexity index is 327. The number of hydrogen-bond donors (Lipinski definition) is 1. The summed E-state index contributed by atoms with van der Waals surface area (Å²) in [6, 6.07) is 0. The molecule has 72 valence electrons. The van der Waals surface area contributed by atoms with Gasteiger partial charge in [0.1, 0.15) is 6.33 Å². The Balaban J connectivity index is 2.80. The molecule has 0 unspecified atom stereocenters. The van der Waals surface area contributed by atoms with E-state index in [2.05, 4.69) is 10.1 Å². The molecule has 1 aromatic rings. The summed E-state index contributed by atoms with van der Waals surface area (Å²) in [5, 5.41) is 7.60. The number of halogens is 2. The van der Waals surface area contributed by atoms with Crippen molar-refractivity contribution in [3.63, 3.8) is 0 Å². The van der Waals surface area contributed by atoms with Gasteiger partial charge in [-0.3, -0.25) is 0 Å². The van der Waals surface area contributed by atoms with Gasteiger partial charge in [0.15, 0.2) is 5.16 Å². The van der Waals surface area contributed by atoms with Crippen molar-refractivity contribution in [1.29, 1.82) is 0 Å². The topological polar surface area (TPSA) is 68.0 Å². The molecule has 13 heavy (non-hydrogen) atoms. The zero-order chi connectivity index (χ0) is 10.1. The van der Waals surface area contributed by atoms with Crippen LogP contribution in [0, 0.1) is 0 Å². The molecule has 1 rings (SSSR count). The lowest BCUT2D eigenvalue weighted by atomic mass is 10.7. The third-order valence-corrected chi connectivity index (χ3v) is 2.12. The van der Waals surface area contributed by atoms with Crippen molar-refractivity contribution in [2.24, 2.45) is 7.05 Å². The van der Waals surface area contributed by atoms with Crippen LogP contribution in [-0.2, 0) is 11.8 Å². The van der Waals surface area contributed by atoms with E-state index in [0.717, 1.165) is 11.0 Å². The van der Waals surface area contributed by atoms with Crippen LogP contribution >= 0.6 is 11.8 Å². The number of hydrogen-bond acceptors (Lipinski definition) is 4. The molecule has 1 aromatic heterocycles. The second-order valence-electron chi connectivity index (χ2n) is 2.09. The first-order valence-electron chi connectivity index (χ1n) is 3.07. The molecule has 0 saturated heterocycles. The van der Waals surface area contributed by atoms with Crippen molar-refractivity contribution in [1.82, 2.24) is 14.8 Å². The Kier molecular flexibility index (Phi) is 2.50. The Morgan fingerprint density at radius 3 is 2.77 bits per heavy atom. The van der Waals surface area contributed by atoms with Crippen LogP contribution in [0.5, 0.6) is 0 Å². The van der Waals surface area contributed by atoms with E-state index in [0.29, 0.717) is 0 Å². The van der Waals surface area contributed by atoms with Gasteiger partial charge in [0.25, 0.3) is 0 Å². The molecule has 0 amide bonds. The molecule has 8 heteroatoms. The smallest absolute Gasteiger partial charge is 0.395 e. The Morgan fingerprint density at radius 1 is 1.77 bits per heavy atom. The second-order valence-corrected chi connectivity index (χ2v) is 3.17. The number of carboxylic acids is 1. The number of aryl methyl sites for hydroxylation is 1. The number of carboxylic acid groups (broad SMARTS) is 1. The zero-order valence-corrected chi connectivity index (χ0v) is 7.26. The maximum absolute atomic E-state index is 12.6. The molecule has 1 heterocycles. The van der Waals surface area contributed by atoms with Crippen molar-refractivity contribution in [3.8, 4) is 0 Å². The summed E-state index contributed by atoms with van der Waals surface area (Å²) >= 11 is -0.156. The summed E-state index contributed by atoms with van der Waals surface area (Å²) in [6.45, 7) is 0. The molecule has 0 atom stereocenters. The summed E-state index contributed by atoms with van der Waals surface area (Å²) in [7, 11) is 1.40. The fraction of sp³-hybridized carbons (Fsp3) is 0.400. The summed E-state index contributed by atoms with van der Waals surface area (Å²) in [5.41, 5.74) is 0. The molecule has 0 bridgehead atoms. The first-order chi connectivity index (χ1) is 5.93. The van der Waals surface area contributed by atoms with Crippen LogP contribution in [0.25, 0.3) is 0 Å². The van der Waals surface area contributed by atoms with E-state index >= 15 is 0 Å². The van der Waals surface area contributed by atoms with Gasteiger partial charge < -0.3 is 5.11 Å². The molecule has 5 nitrogen and oxygen atoms in total. The first kappa shape index (κ1) is 9.90. The highest BCUT2D eigenvalue weighted by atomic mass is 32.2. The zero-order valence-electron chi connectivity index (χ0n) is 6.44. The van der Waals surface area contributed by atoms with Crippen molar-refractivity contribution in [3.05, 3.63) is 6.33 Å². The second kappa shape index (κ2) is 3.29. The highest BCUT2D eigenvalue weighted by Crippen LogP contribution is 2.34. The van der Waals surface area contributed by atoms with Gasteiger partial charge in [0.2, 0.25) is 0 Å². The lowest BCUT2D eigenvalue weighted by molar-refractivity contribution is -0.152. The van der Waals surface area contributed by atoms with Gasteiger partial charge in [-0.1, -0.05) is 0 Å².